The molecule has 2 heterocycles. The Bertz CT molecular complexity index is 444. The first kappa shape index (κ1) is 12.0. The van der Waals surface area contributed by atoms with Gasteiger partial charge in [0.15, 0.2) is 0 Å². The van der Waals surface area contributed by atoms with Crippen LogP contribution < -0.4 is 0 Å². The monoisotopic (exact) mass is 254 g/mol. The van der Waals surface area contributed by atoms with Crippen LogP contribution in [0, 0.1) is 12.8 Å². The van der Waals surface area contributed by atoms with Crippen LogP contribution in [0.4, 0.5) is 0 Å². The van der Waals surface area contributed by atoms with Crippen LogP contribution >= 0.6 is 11.3 Å². The van der Waals surface area contributed by atoms with Gasteiger partial charge in [0, 0.05) is 18.3 Å². The van der Waals surface area contributed by atoms with Crippen LogP contribution in [-0.4, -0.2) is 35.4 Å². The van der Waals surface area contributed by atoms with E-state index in [0.29, 0.717) is 13.1 Å². The fourth-order valence-corrected chi connectivity index (χ4v) is 2.53. The molecule has 2 rings (SSSR count). The molecule has 1 aromatic heterocycles. The van der Waals surface area contributed by atoms with E-state index in [4.69, 9.17) is 0 Å². The minimum atomic E-state index is -0.327. The lowest BCUT2D eigenvalue weighted by Gasteiger charge is -2.14. The predicted molar refractivity (Wildman–Crippen MR) is 62.4 cm³/mol. The van der Waals surface area contributed by atoms with Gasteiger partial charge in [-0.3, -0.25) is 9.59 Å². The first-order chi connectivity index (χ1) is 8.10. The third kappa shape index (κ3) is 2.63. The number of methoxy groups -OCH3 is 1. The molecule has 92 valence electrons. The largest absolute Gasteiger partial charge is 0.469 e. The summed E-state index contributed by atoms with van der Waals surface area (Å²) in [4.78, 5) is 29.0. The average Bonchev–Trinajstić information content (AvgIpc) is 2.86. The predicted octanol–water partition coefficient (Wildman–Crippen LogP) is 0.973. The molecule has 0 aliphatic carbocycles. The smallest absolute Gasteiger partial charge is 0.310 e. The van der Waals surface area contributed by atoms with Crippen molar-refractivity contribution < 1.29 is 14.3 Å². The highest BCUT2D eigenvalue weighted by Crippen LogP contribution is 2.21. The number of esters is 1. The van der Waals surface area contributed by atoms with Crippen LogP contribution in [0.2, 0.25) is 0 Å². The van der Waals surface area contributed by atoms with E-state index in [-0.39, 0.29) is 24.2 Å². The maximum Gasteiger partial charge on any atom is 0.310 e. The Balaban J connectivity index is 1.99. The molecule has 1 aliphatic heterocycles. The summed E-state index contributed by atoms with van der Waals surface area (Å²) < 4.78 is 4.65. The summed E-state index contributed by atoms with van der Waals surface area (Å²) in [5.41, 5.74) is 0.881. The number of likely N-dealkylation sites (tertiary alicyclic amines) is 1. The third-order valence-corrected chi connectivity index (χ3v) is 3.59. The fraction of sp³-hybridized carbons (Fsp3) is 0.545. The van der Waals surface area contributed by atoms with Gasteiger partial charge in [0.1, 0.15) is 0 Å². The number of amides is 1. The molecule has 0 radical (unpaired) electrons. The van der Waals surface area contributed by atoms with Crippen molar-refractivity contribution in [1.82, 2.24) is 9.88 Å². The molecule has 0 saturated carbocycles. The number of rotatable bonds is 3. The quantitative estimate of drug-likeness (QED) is 0.754. The summed E-state index contributed by atoms with van der Waals surface area (Å²) in [5, 5.41) is 2.92. The first-order valence-electron chi connectivity index (χ1n) is 5.36. The van der Waals surface area contributed by atoms with Gasteiger partial charge in [0.2, 0.25) is 5.91 Å². The number of nitrogens with zero attached hydrogens (tertiary/aromatic N) is 2. The molecule has 1 atom stereocenters. The van der Waals surface area contributed by atoms with E-state index in [1.54, 1.807) is 16.2 Å². The number of hydrogen-bond acceptors (Lipinski definition) is 5. The number of carbonyl (C=O) groups is 2. The Morgan fingerprint density at radius 3 is 3.06 bits per heavy atom. The van der Waals surface area contributed by atoms with Gasteiger partial charge in [0.05, 0.1) is 30.3 Å². The lowest BCUT2D eigenvalue weighted by atomic mass is 10.1. The Hall–Kier alpha value is -1.43. The van der Waals surface area contributed by atoms with Crippen LogP contribution in [0.25, 0.3) is 0 Å². The molecule has 0 spiro atoms. The number of ether oxygens (including phenoxy) is 1. The molecule has 1 amide bonds. The van der Waals surface area contributed by atoms with Crippen LogP contribution in [-0.2, 0) is 20.9 Å². The maximum absolute atomic E-state index is 11.7. The van der Waals surface area contributed by atoms with Crippen LogP contribution in [0.5, 0.6) is 0 Å². The van der Waals surface area contributed by atoms with E-state index in [2.05, 4.69) is 9.72 Å². The molecular formula is C11H14N2O3S. The highest BCUT2D eigenvalue weighted by molar-refractivity contribution is 7.09. The number of aryl methyl sites for hydroxylation is 1. The molecule has 1 saturated heterocycles. The zero-order valence-electron chi connectivity index (χ0n) is 9.80. The molecule has 1 aromatic rings. The molecule has 1 fully saturated rings. The maximum atomic E-state index is 11.7. The summed E-state index contributed by atoms with van der Waals surface area (Å²) in [5.74, 6) is -0.645. The molecule has 0 bridgehead atoms. The van der Waals surface area contributed by atoms with Crippen molar-refractivity contribution >= 4 is 23.2 Å². The standard InChI is InChI=1S/C11H14N2O3S/c1-7-12-9(6-17-7)5-13-4-8(3-10(13)14)11(15)16-2/h6,8H,3-5H2,1-2H3. The van der Waals surface area contributed by atoms with Gasteiger partial charge in [-0.1, -0.05) is 0 Å². The van der Waals surface area contributed by atoms with Gasteiger partial charge in [-0.25, -0.2) is 4.98 Å². The molecule has 17 heavy (non-hydrogen) atoms. The van der Waals surface area contributed by atoms with Gasteiger partial charge in [-0.05, 0) is 6.92 Å². The Kier molecular flexibility index (Phi) is 3.42. The minimum absolute atomic E-state index is 0.00828. The number of aromatic nitrogens is 1. The SMILES string of the molecule is COC(=O)C1CC(=O)N(Cc2csc(C)n2)C1. The van der Waals surface area contributed by atoms with Crippen molar-refractivity contribution in [3.63, 3.8) is 0 Å². The molecular weight excluding hydrogens is 240 g/mol. The lowest BCUT2D eigenvalue weighted by molar-refractivity contribution is -0.145. The van der Waals surface area contributed by atoms with Gasteiger partial charge >= 0.3 is 5.97 Å². The van der Waals surface area contributed by atoms with Crippen molar-refractivity contribution in [2.45, 2.75) is 19.9 Å². The Labute approximate surface area is 103 Å². The second-order valence-corrected chi connectivity index (χ2v) is 5.12. The normalized spacial score (nSPS) is 19.8. The van der Waals surface area contributed by atoms with Crippen molar-refractivity contribution in [3.05, 3.63) is 16.1 Å². The zero-order valence-corrected chi connectivity index (χ0v) is 10.6. The van der Waals surface area contributed by atoms with Crippen molar-refractivity contribution in [2.24, 2.45) is 5.92 Å². The summed E-state index contributed by atoms with van der Waals surface area (Å²) in [6, 6.07) is 0. The van der Waals surface area contributed by atoms with Gasteiger partial charge in [-0.2, -0.15) is 0 Å². The summed E-state index contributed by atoms with van der Waals surface area (Å²) in [6.07, 6.45) is 0.246. The fourth-order valence-electron chi connectivity index (χ4n) is 1.93. The topological polar surface area (TPSA) is 59.5 Å². The second-order valence-electron chi connectivity index (χ2n) is 4.06. The average molecular weight is 254 g/mol. The molecule has 5 nitrogen and oxygen atoms in total. The highest BCUT2D eigenvalue weighted by Gasteiger charge is 2.35. The van der Waals surface area contributed by atoms with E-state index in [1.165, 1.54) is 7.11 Å². The van der Waals surface area contributed by atoms with E-state index in [9.17, 15) is 9.59 Å². The van der Waals surface area contributed by atoms with E-state index < -0.39 is 0 Å². The molecule has 0 N–H and O–H groups in total. The van der Waals surface area contributed by atoms with Gasteiger partial charge < -0.3 is 9.64 Å². The summed E-state index contributed by atoms with van der Waals surface area (Å²) in [7, 11) is 1.35. The Morgan fingerprint density at radius 1 is 1.71 bits per heavy atom. The van der Waals surface area contributed by atoms with Gasteiger partial charge in [0.25, 0.3) is 0 Å². The summed E-state index contributed by atoms with van der Waals surface area (Å²) >= 11 is 1.56. The molecule has 1 aliphatic rings. The first-order valence-corrected chi connectivity index (χ1v) is 6.24. The van der Waals surface area contributed by atoms with E-state index >= 15 is 0 Å². The van der Waals surface area contributed by atoms with Crippen LogP contribution in [0.3, 0.4) is 0 Å². The van der Waals surface area contributed by atoms with Crippen molar-refractivity contribution in [1.29, 1.82) is 0 Å². The number of carbonyl (C=O) groups excluding carboxylic acids is 2. The van der Waals surface area contributed by atoms with Crippen LogP contribution in [0.1, 0.15) is 17.1 Å². The lowest BCUT2D eigenvalue weighted by Crippen LogP contribution is -2.26. The minimum Gasteiger partial charge on any atom is -0.469 e. The second kappa shape index (κ2) is 4.83. The zero-order chi connectivity index (χ0) is 12.4. The number of thiazole rings is 1. The molecule has 0 aromatic carbocycles. The van der Waals surface area contributed by atoms with Crippen molar-refractivity contribution in [2.75, 3.05) is 13.7 Å². The van der Waals surface area contributed by atoms with Gasteiger partial charge in [-0.15, -0.1) is 11.3 Å². The summed E-state index contributed by atoms with van der Waals surface area (Å²) in [6.45, 7) is 2.84. The van der Waals surface area contributed by atoms with Crippen LogP contribution in [0.15, 0.2) is 5.38 Å². The molecule has 1 unspecified atom stereocenters. The van der Waals surface area contributed by atoms with E-state index in [1.807, 2.05) is 12.3 Å². The van der Waals surface area contributed by atoms with Crippen molar-refractivity contribution in [3.8, 4) is 0 Å². The molecule has 6 heteroatoms. The Morgan fingerprint density at radius 2 is 2.47 bits per heavy atom. The highest BCUT2D eigenvalue weighted by atomic mass is 32.1. The van der Waals surface area contributed by atoms with E-state index in [0.717, 1.165) is 10.7 Å². The third-order valence-electron chi connectivity index (χ3n) is 2.77. The number of hydrogen-bond donors (Lipinski definition) is 0.